The number of thioether (sulfide) groups is 1. The predicted octanol–water partition coefficient (Wildman–Crippen LogP) is 4.21. The van der Waals surface area contributed by atoms with Gasteiger partial charge in [-0.2, -0.15) is 0 Å². The predicted molar refractivity (Wildman–Crippen MR) is 112 cm³/mol. The second kappa shape index (κ2) is 8.70. The van der Waals surface area contributed by atoms with E-state index in [1.165, 1.54) is 28.4 Å². The van der Waals surface area contributed by atoms with Crippen LogP contribution in [0.15, 0.2) is 47.6 Å². The third-order valence-corrected chi connectivity index (χ3v) is 5.43. The van der Waals surface area contributed by atoms with Crippen LogP contribution >= 0.6 is 11.8 Å². The molecule has 3 aromatic rings. The zero-order valence-electron chi connectivity index (χ0n) is 16.8. The molecule has 0 bridgehead atoms. The molecule has 158 valence electrons. The fourth-order valence-electron chi connectivity index (χ4n) is 2.70. The average Bonchev–Trinajstić information content (AvgIpc) is 3.04. The van der Waals surface area contributed by atoms with Crippen LogP contribution < -0.4 is 10.6 Å². The molecule has 0 atom stereocenters. The van der Waals surface area contributed by atoms with E-state index in [-0.39, 0.29) is 29.0 Å². The van der Waals surface area contributed by atoms with Gasteiger partial charge in [0.2, 0.25) is 5.16 Å². The molecule has 0 aliphatic carbocycles. The fourth-order valence-corrected chi connectivity index (χ4v) is 3.60. The summed E-state index contributed by atoms with van der Waals surface area (Å²) in [4.78, 5) is 10.5. The summed E-state index contributed by atoms with van der Waals surface area (Å²) in [6, 6.07) is 11.5. The number of halogens is 1. The molecule has 1 heterocycles. The Morgan fingerprint density at radius 1 is 1.20 bits per heavy atom. The third kappa shape index (κ3) is 4.88. The van der Waals surface area contributed by atoms with Crippen molar-refractivity contribution in [3.63, 3.8) is 0 Å². The van der Waals surface area contributed by atoms with Crippen LogP contribution in [0.4, 0.5) is 10.1 Å². The largest absolute Gasteiger partial charge is 0.486 e. The monoisotopic (exact) mass is 431 g/mol. The lowest BCUT2D eigenvalue weighted by molar-refractivity contribution is -0.385. The summed E-state index contributed by atoms with van der Waals surface area (Å²) < 4.78 is 21.0. The molecule has 30 heavy (non-hydrogen) atoms. The first-order valence-corrected chi connectivity index (χ1v) is 10.1. The smallest absolute Gasteiger partial charge is 0.276 e. The Morgan fingerprint density at radius 2 is 1.90 bits per heavy atom. The molecule has 1 aromatic heterocycles. The Balaban J connectivity index is 1.65. The Kier molecular flexibility index (Phi) is 6.25. The van der Waals surface area contributed by atoms with Gasteiger partial charge in [0.1, 0.15) is 18.2 Å². The first-order valence-electron chi connectivity index (χ1n) is 9.14. The minimum atomic E-state index is -0.651. The maximum atomic E-state index is 14.0. The minimum Gasteiger partial charge on any atom is -0.486 e. The van der Waals surface area contributed by atoms with Gasteiger partial charge in [0.05, 0.1) is 10.5 Å². The molecule has 10 heteroatoms. The van der Waals surface area contributed by atoms with Crippen LogP contribution in [0.5, 0.6) is 5.75 Å². The molecule has 2 N–H and O–H groups in total. The van der Waals surface area contributed by atoms with Crippen LogP contribution in [0, 0.1) is 15.9 Å². The number of nitrogen functional groups attached to an aromatic ring is 1. The van der Waals surface area contributed by atoms with Crippen molar-refractivity contribution in [1.29, 1.82) is 0 Å². The first kappa shape index (κ1) is 21.6. The van der Waals surface area contributed by atoms with Crippen molar-refractivity contribution in [2.45, 2.75) is 43.7 Å². The zero-order chi connectivity index (χ0) is 21.9. The van der Waals surface area contributed by atoms with Gasteiger partial charge in [0.25, 0.3) is 5.69 Å². The molecule has 0 aliphatic rings. The summed E-state index contributed by atoms with van der Waals surface area (Å²) in [5.74, 6) is 6.40. The number of aromatic nitrogens is 3. The van der Waals surface area contributed by atoms with E-state index in [4.69, 9.17) is 10.6 Å². The van der Waals surface area contributed by atoms with Crippen LogP contribution in [-0.2, 0) is 17.8 Å². The average molecular weight is 431 g/mol. The Bertz CT molecular complexity index is 1050. The molecule has 0 amide bonds. The van der Waals surface area contributed by atoms with E-state index in [1.807, 2.05) is 24.3 Å². The summed E-state index contributed by atoms with van der Waals surface area (Å²) in [7, 11) is 0. The summed E-state index contributed by atoms with van der Waals surface area (Å²) in [6.07, 6.45) is 0. The van der Waals surface area contributed by atoms with Crippen LogP contribution in [0.3, 0.4) is 0 Å². The number of hydrogen-bond acceptors (Lipinski definition) is 7. The molecule has 0 saturated heterocycles. The number of nitro benzene ring substituents is 1. The lowest BCUT2D eigenvalue weighted by Crippen LogP contribution is -2.16. The summed E-state index contributed by atoms with van der Waals surface area (Å²) in [5, 5.41) is 19.4. The molecule has 8 nitrogen and oxygen atoms in total. The van der Waals surface area contributed by atoms with Crippen LogP contribution in [-0.4, -0.2) is 19.8 Å². The van der Waals surface area contributed by atoms with Crippen molar-refractivity contribution < 1.29 is 14.1 Å². The van der Waals surface area contributed by atoms with Gasteiger partial charge in [-0.3, -0.25) is 10.1 Å². The van der Waals surface area contributed by atoms with Crippen molar-refractivity contribution in [3.05, 3.63) is 75.3 Å². The molecule has 0 aliphatic heterocycles. The number of nitrogens with two attached hydrogens (primary N) is 1. The van der Waals surface area contributed by atoms with E-state index in [0.717, 1.165) is 11.8 Å². The first-order chi connectivity index (χ1) is 14.2. The Hall–Kier alpha value is -3.14. The lowest BCUT2D eigenvalue weighted by Gasteiger charge is -2.19. The topological polar surface area (TPSA) is 109 Å². The highest BCUT2D eigenvalue weighted by atomic mass is 32.2. The van der Waals surface area contributed by atoms with E-state index in [9.17, 15) is 14.5 Å². The van der Waals surface area contributed by atoms with Crippen molar-refractivity contribution in [1.82, 2.24) is 14.9 Å². The van der Waals surface area contributed by atoms with Gasteiger partial charge in [-0.25, -0.2) is 9.07 Å². The van der Waals surface area contributed by atoms with Gasteiger partial charge < -0.3 is 10.6 Å². The van der Waals surface area contributed by atoms with Gasteiger partial charge in [-0.1, -0.05) is 50.7 Å². The maximum absolute atomic E-state index is 14.0. The number of benzene rings is 2. The van der Waals surface area contributed by atoms with Gasteiger partial charge in [0.15, 0.2) is 5.82 Å². The zero-order valence-corrected chi connectivity index (χ0v) is 17.6. The van der Waals surface area contributed by atoms with E-state index < -0.39 is 10.7 Å². The van der Waals surface area contributed by atoms with Crippen molar-refractivity contribution in [2.24, 2.45) is 0 Å². The van der Waals surface area contributed by atoms with E-state index in [1.54, 1.807) is 0 Å². The van der Waals surface area contributed by atoms with E-state index in [2.05, 4.69) is 31.0 Å². The molecule has 0 radical (unpaired) electrons. The number of ether oxygens (including phenoxy) is 1. The van der Waals surface area contributed by atoms with Crippen LogP contribution in [0.2, 0.25) is 0 Å². The van der Waals surface area contributed by atoms with E-state index in [0.29, 0.717) is 16.7 Å². The van der Waals surface area contributed by atoms with Gasteiger partial charge in [-0.05, 0) is 29.2 Å². The quantitative estimate of drug-likeness (QED) is 0.258. The summed E-state index contributed by atoms with van der Waals surface area (Å²) >= 11 is 1.06. The molecular formula is C20H22FN5O3S. The van der Waals surface area contributed by atoms with Crippen molar-refractivity contribution in [2.75, 3.05) is 5.84 Å². The maximum Gasteiger partial charge on any atom is 0.276 e. The Labute approximate surface area is 177 Å². The highest BCUT2D eigenvalue weighted by Crippen LogP contribution is 2.29. The van der Waals surface area contributed by atoms with Crippen LogP contribution in [0.25, 0.3) is 0 Å². The van der Waals surface area contributed by atoms with Gasteiger partial charge in [-0.15, -0.1) is 10.2 Å². The highest BCUT2D eigenvalue weighted by molar-refractivity contribution is 7.98. The molecular weight excluding hydrogens is 409 g/mol. The SMILES string of the molecule is CC(C)(C)c1ccc(OCc2nnc(SCc3c(F)cccc3[N+](=O)[O-])n2N)cc1. The van der Waals surface area contributed by atoms with Crippen molar-refractivity contribution >= 4 is 17.4 Å². The number of nitro groups is 1. The van der Waals surface area contributed by atoms with Crippen LogP contribution in [0.1, 0.15) is 37.7 Å². The third-order valence-electron chi connectivity index (χ3n) is 4.46. The number of rotatable bonds is 7. The molecule has 2 aromatic carbocycles. The summed E-state index contributed by atoms with van der Waals surface area (Å²) in [5.41, 5.74) is 0.938. The number of nitrogens with zero attached hydrogens (tertiary/aromatic N) is 4. The lowest BCUT2D eigenvalue weighted by atomic mass is 9.87. The fraction of sp³-hybridized carbons (Fsp3) is 0.300. The second-order valence-corrected chi connectivity index (χ2v) is 8.56. The normalized spacial score (nSPS) is 11.5. The molecule has 3 rings (SSSR count). The molecule has 0 spiro atoms. The van der Waals surface area contributed by atoms with Gasteiger partial charge >= 0.3 is 0 Å². The Morgan fingerprint density at radius 3 is 2.53 bits per heavy atom. The summed E-state index contributed by atoms with van der Waals surface area (Å²) in [6.45, 7) is 6.50. The second-order valence-electron chi connectivity index (χ2n) is 7.62. The molecule has 0 unspecified atom stereocenters. The standard InChI is InChI=1S/C20H22FN5O3S/c1-20(2,3)13-7-9-14(10-8-13)29-11-18-23-24-19(25(18)22)30-12-15-16(21)5-4-6-17(15)26(27)28/h4-10H,11-12,22H2,1-3H3. The highest BCUT2D eigenvalue weighted by Gasteiger charge is 2.20. The van der Waals surface area contributed by atoms with Gasteiger partial charge in [0, 0.05) is 11.8 Å². The van der Waals surface area contributed by atoms with E-state index >= 15 is 0 Å². The molecule has 0 saturated carbocycles. The number of hydrogen-bond donors (Lipinski definition) is 1. The minimum absolute atomic E-state index is 0.00651. The molecule has 0 fully saturated rings. The van der Waals surface area contributed by atoms with Crippen molar-refractivity contribution in [3.8, 4) is 5.75 Å².